The molecule has 0 aromatic rings. The number of rotatable bonds is 0. The van der Waals surface area contributed by atoms with Crippen LogP contribution in [0.3, 0.4) is 0 Å². The molecule has 4 nitrogen and oxygen atoms in total. The first kappa shape index (κ1) is 19.1. The molecule has 0 aliphatic carbocycles. The second-order valence-corrected chi connectivity index (χ2v) is 6.32. The van der Waals surface area contributed by atoms with Crippen LogP contribution in [-0.4, -0.2) is 30.2 Å². The molecule has 3 N–H and O–H groups in total. The third-order valence-corrected chi connectivity index (χ3v) is 0. The summed E-state index contributed by atoms with van der Waals surface area (Å²) in [5, 5.41) is 0. The molecule has 0 unspecified atom stereocenters. The molecule has 0 spiro atoms. The zero-order chi connectivity index (χ0) is 10.9. The Labute approximate surface area is 71.5 Å². The van der Waals surface area contributed by atoms with E-state index in [9.17, 15) is 25.2 Å². The van der Waals surface area contributed by atoms with Gasteiger partial charge in [-0.05, 0) is 0 Å². The second-order valence-electron chi connectivity index (χ2n) is 1.47. The Bertz CT molecular complexity index is 174. The van der Waals surface area contributed by atoms with Gasteiger partial charge < -0.3 is 0 Å². The minimum atomic E-state index is -10.7. The number of hydrogen-bond acceptors (Lipinski definition) is 1. The average Bonchev–Trinajstić information content (AvgIpc) is 1.04. The Balaban J connectivity index is -0.000000150. The predicted molar refractivity (Wildman–Crippen MR) is 27.8 cm³/mol. The molecule has 0 amide bonds. The molecule has 87 valence electrons. The summed E-state index contributed by atoms with van der Waals surface area (Å²) < 4.78 is 90.0. The molecule has 13 heavy (non-hydrogen) atoms. The molecule has 0 fully saturated rings. The van der Waals surface area contributed by atoms with Crippen LogP contribution in [0.4, 0.5) is 29.9 Å². The molecule has 0 saturated heterocycles. The molecular weight excluding hydrogens is 350 g/mol. The Hall–Kier alpha value is 0.438. The fourth-order valence-corrected chi connectivity index (χ4v) is 0. The molecule has 0 atom stereocenters. The molecule has 0 aliphatic rings. The van der Waals surface area contributed by atoms with Crippen molar-refractivity contribution >= 4 is 27.9 Å². The number of halogens is 7. The van der Waals surface area contributed by atoms with E-state index in [0.717, 1.165) is 0 Å². The molecule has 1 radical (unpaired) electrons. The van der Waals surface area contributed by atoms with E-state index >= 15 is 0 Å². The second kappa shape index (κ2) is 3.54. The molecule has 0 saturated carbocycles. The first-order valence-corrected chi connectivity index (χ1v) is 8.29. The van der Waals surface area contributed by atoms with Crippen LogP contribution in [-0.2, 0) is 3.02 Å². The third-order valence-electron chi connectivity index (χ3n) is 0. The van der Waals surface area contributed by atoms with E-state index in [2.05, 4.69) is 0 Å². The third kappa shape index (κ3) is 7060. The fraction of sp³-hybridized carbons (Fsp3) is 0. The van der Waals surface area contributed by atoms with E-state index in [1.165, 1.54) is 0 Å². The van der Waals surface area contributed by atoms with Gasteiger partial charge in [-0.3, -0.25) is 0 Å². The summed E-state index contributed by atoms with van der Waals surface area (Å²) in [7, 11) is -10.7. The van der Waals surface area contributed by atoms with Gasteiger partial charge >= 0.3 is 66.2 Å². The molecule has 0 heterocycles. The van der Waals surface area contributed by atoms with Crippen molar-refractivity contribution in [3.8, 4) is 0 Å². The SMILES string of the molecule is F[P-](F)(F)(F)(F)F.[F].[O]=[Sb]([OH])([OH])[OH]. The van der Waals surface area contributed by atoms with Gasteiger partial charge in [0.15, 0.2) is 0 Å². The minimum absolute atomic E-state index is 0. The standard InChI is InChI=1S/F6P.F.3H2O.O.Sb/c1-7(2,3,4,5)6;;;;;;/h;;3*1H2;;/q-1;;;;;;+3/p-3. The zero-order valence-corrected chi connectivity index (χ0v) is 8.74. The average molecular weight is 353 g/mol. The van der Waals surface area contributed by atoms with Crippen LogP contribution in [0.1, 0.15) is 0 Å². The van der Waals surface area contributed by atoms with Crippen molar-refractivity contribution in [1.82, 2.24) is 0 Å². The van der Waals surface area contributed by atoms with Gasteiger partial charge in [-0.25, -0.2) is 0 Å². The summed E-state index contributed by atoms with van der Waals surface area (Å²) in [4.78, 5) is 0. The first-order chi connectivity index (χ1) is 4.45. The Morgan fingerprint density at radius 2 is 0.846 bits per heavy atom. The van der Waals surface area contributed by atoms with E-state index in [0.29, 0.717) is 0 Å². The van der Waals surface area contributed by atoms with Crippen molar-refractivity contribution in [3.05, 3.63) is 0 Å². The van der Waals surface area contributed by atoms with E-state index in [4.69, 9.17) is 13.2 Å². The number of hydrogen-bond donors (Lipinski definition) is 3. The molecule has 13 heteroatoms. The first-order valence-electron chi connectivity index (χ1n) is 1.80. The van der Waals surface area contributed by atoms with Crippen molar-refractivity contribution in [2.75, 3.05) is 0 Å². The van der Waals surface area contributed by atoms with E-state index in [-0.39, 0.29) is 4.70 Å². The van der Waals surface area contributed by atoms with Gasteiger partial charge in [-0.15, -0.1) is 0 Å². The van der Waals surface area contributed by atoms with Gasteiger partial charge in [0.25, 0.3) is 0 Å². The summed E-state index contributed by atoms with van der Waals surface area (Å²) in [5.74, 6) is 0. The molecule has 0 bridgehead atoms. The Kier molecular flexibility index (Phi) is 5.20. The van der Waals surface area contributed by atoms with Crippen molar-refractivity contribution in [2.45, 2.75) is 0 Å². The fourth-order valence-electron chi connectivity index (χ4n) is 0. The summed E-state index contributed by atoms with van der Waals surface area (Å²) >= 11 is -5.35. The molecular formula is H3F7O4PSb-. The van der Waals surface area contributed by atoms with Crippen LogP contribution in [0.2, 0.25) is 0 Å². The molecule has 0 rings (SSSR count). The topological polar surface area (TPSA) is 77.8 Å². The quantitative estimate of drug-likeness (QED) is 0.352. The van der Waals surface area contributed by atoms with E-state index in [1.54, 1.807) is 0 Å². The zero-order valence-electron chi connectivity index (χ0n) is 5.29. The van der Waals surface area contributed by atoms with E-state index in [1.807, 2.05) is 0 Å². The van der Waals surface area contributed by atoms with Crippen LogP contribution >= 0.6 is 7.81 Å². The van der Waals surface area contributed by atoms with Gasteiger partial charge in [-0.1, -0.05) is 0 Å². The van der Waals surface area contributed by atoms with Gasteiger partial charge in [0.2, 0.25) is 0 Å². The summed E-state index contributed by atoms with van der Waals surface area (Å²) in [6.45, 7) is 0. The Morgan fingerprint density at radius 1 is 0.846 bits per heavy atom. The van der Waals surface area contributed by atoms with Crippen LogP contribution in [0.25, 0.3) is 0 Å². The van der Waals surface area contributed by atoms with Crippen molar-refractivity contribution in [3.63, 3.8) is 0 Å². The summed E-state index contributed by atoms with van der Waals surface area (Å²) in [6, 6.07) is 0. The van der Waals surface area contributed by atoms with E-state index < -0.39 is 27.9 Å². The van der Waals surface area contributed by atoms with Gasteiger partial charge in [0.1, 0.15) is 0 Å². The summed E-state index contributed by atoms with van der Waals surface area (Å²) in [6.07, 6.45) is 0. The van der Waals surface area contributed by atoms with Crippen LogP contribution in [0.15, 0.2) is 0 Å². The molecule has 0 aliphatic heterocycles. The van der Waals surface area contributed by atoms with Crippen molar-refractivity contribution in [2.24, 2.45) is 0 Å². The predicted octanol–water partition coefficient (Wildman–Crippen LogP) is 1.63. The normalized spacial score (nSPS) is 17.0. The van der Waals surface area contributed by atoms with Gasteiger partial charge in [0, 0.05) is 4.70 Å². The monoisotopic (exact) mass is 352 g/mol. The Morgan fingerprint density at radius 3 is 0.846 bits per heavy atom. The van der Waals surface area contributed by atoms with Crippen molar-refractivity contribution in [1.29, 1.82) is 0 Å². The van der Waals surface area contributed by atoms with Gasteiger partial charge in [0.05, 0.1) is 0 Å². The maximum absolute atomic E-state index is 10.7. The van der Waals surface area contributed by atoms with Crippen LogP contribution in [0.5, 0.6) is 0 Å². The van der Waals surface area contributed by atoms with Crippen LogP contribution in [0, 0.1) is 0 Å². The van der Waals surface area contributed by atoms with Gasteiger partial charge in [-0.2, -0.15) is 0 Å². The van der Waals surface area contributed by atoms with Crippen molar-refractivity contribution < 1.29 is 43.1 Å². The van der Waals surface area contributed by atoms with Crippen LogP contribution < -0.4 is 0 Å². The molecule has 0 aromatic carbocycles. The summed E-state index contributed by atoms with van der Waals surface area (Å²) in [5.41, 5.74) is 0. The maximum atomic E-state index is 9.87. The molecule has 0 aromatic heterocycles.